The number of sulfonamides is 1. The van der Waals surface area contributed by atoms with Gasteiger partial charge < -0.3 is 16.8 Å². The quantitative estimate of drug-likeness (QED) is 0.218. The molecule has 0 atom stereocenters. The maximum Gasteiger partial charge on any atom is 0.285 e. The minimum Gasteiger partial charge on any atom is -0.369 e. The average Bonchev–Trinajstić information content (AvgIpc) is 3.28. The van der Waals surface area contributed by atoms with Crippen molar-refractivity contribution in [1.29, 1.82) is 5.26 Å². The fourth-order valence-electron chi connectivity index (χ4n) is 3.18. The highest BCUT2D eigenvalue weighted by molar-refractivity contribution is 7.90. The van der Waals surface area contributed by atoms with Crippen LogP contribution in [-0.4, -0.2) is 19.4 Å². The van der Waals surface area contributed by atoms with Crippen molar-refractivity contribution >= 4 is 49.4 Å². The second kappa shape index (κ2) is 9.12. The first-order valence-corrected chi connectivity index (χ1v) is 12.0. The largest absolute Gasteiger partial charge is 0.369 e. The van der Waals surface area contributed by atoms with Gasteiger partial charge in [0.25, 0.3) is 10.0 Å². The van der Waals surface area contributed by atoms with Crippen LogP contribution >= 0.6 is 11.3 Å². The maximum absolute atomic E-state index is 12.0. The summed E-state index contributed by atoms with van der Waals surface area (Å²) in [5, 5.41) is 17.3. The van der Waals surface area contributed by atoms with E-state index in [4.69, 9.17) is 11.5 Å². The van der Waals surface area contributed by atoms with E-state index in [1.807, 2.05) is 47.8 Å². The number of hydrogen-bond acceptors (Lipinski definition) is 6. The van der Waals surface area contributed by atoms with Crippen molar-refractivity contribution in [2.75, 3.05) is 5.32 Å². The Morgan fingerprint density at radius 2 is 1.79 bits per heavy atom. The number of aromatic nitrogens is 1. The number of allylic oxidation sites excluding steroid dienone is 1. The van der Waals surface area contributed by atoms with Crippen molar-refractivity contribution in [1.82, 2.24) is 4.98 Å². The Morgan fingerprint density at radius 3 is 2.52 bits per heavy atom. The van der Waals surface area contributed by atoms with Crippen molar-refractivity contribution in [3.8, 4) is 17.3 Å². The van der Waals surface area contributed by atoms with Crippen LogP contribution in [-0.2, 0) is 10.0 Å². The fourth-order valence-corrected chi connectivity index (χ4v) is 4.83. The van der Waals surface area contributed by atoms with Crippen LogP contribution in [0.25, 0.3) is 27.6 Å². The Labute approximate surface area is 194 Å². The second-order valence-corrected chi connectivity index (χ2v) is 9.36. The molecule has 3 aromatic carbocycles. The smallest absolute Gasteiger partial charge is 0.285 e. The molecule has 4 aromatic rings. The van der Waals surface area contributed by atoms with Gasteiger partial charge in [-0.25, -0.2) is 4.98 Å². The van der Waals surface area contributed by atoms with Crippen LogP contribution in [0.5, 0.6) is 0 Å². The molecule has 0 aliphatic rings. The van der Waals surface area contributed by atoms with Gasteiger partial charge in [0.15, 0.2) is 0 Å². The van der Waals surface area contributed by atoms with E-state index < -0.39 is 16.0 Å². The Kier molecular flexibility index (Phi) is 6.08. The zero-order valence-electron chi connectivity index (χ0n) is 17.1. The molecule has 0 radical (unpaired) electrons. The number of anilines is 1. The lowest BCUT2D eigenvalue weighted by molar-refractivity contribution is 0.598. The predicted octanol–water partition coefficient (Wildman–Crippen LogP) is 3.90. The summed E-state index contributed by atoms with van der Waals surface area (Å²) in [4.78, 5) is 4.61. The van der Waals surface area contributed by atoms with E-state index >= 15 is 0 Å². The van der Waals surface area contributed by atoms with Gasteiger partial charge in [-0.1, -0.05) is 42.5 Å². The van der Waals surface area contributed by atoms with Crippen molar-refractivity contribution in [2.24, 2.45) is 15.9 Å². The number of hydrogen-bond donors (Lipinski definition) is 3. The molecule has 0 aliphatic carbocycles. The molecule has 10 heteroatoms. The van der Waals surface area contributed by atoms with Crippen LogP contribution < -0.4 is 16.8 Å². The van der Waals surface area contributed by atoms with Crippen molar-refractivity contribution in [3.63, 3.8) is 0 Å². The minimum atomic E-state index is -3.96. The zero-order valence-corrected chi connectivity index (χ0v) is 18.8. The average molecular weight is 475 g/mol. The van der Waals surface area contributed by atoms with Gasteiger partial charge in [-0.05, 0) is 35.0 Å². The summed E-state index contributed by atoms with van der Waals surface area (Å²) < 4.78 is 27.3. The van der Waals surface area contributed by atoms with E-state index in [2.05, 4.69) is 20.8 Å². The molecular formula is C23H18N6O2S2. The van der Waals surface area contributed by atoms with E-state index in [9.17, 15) is 13.7 Å². The summed E-state index contributed by atoms with van der Waals surface area (Å²) in [7, 11) is -3.96. The third-order valence-corrected chi connectivity index (χ3v) is 6.88. The molecule has 0 saturated heterocycles. The third-order valence-electron chi connectivity index (χ3n) is 4.68. The van der Waals surface area contributed by atoms with Gasteiger partial charge in [0.1, 0.15) is 16.6 Å². The molecule has 164 valence electrons. The SMILES string of the molecule is N#CC(=CNc1ccc(S(=O)(=O)N=C(N)N)cc1)c1nc(-c2cccc3ccccc23)cs1. The molecule has 1 heterocycles. The van der Waals surface area contributed by atoms with Crippen LogP contribution in [0.1, 0.15) is 5.01 Å². The van der Waals surface area contributed by atoms with Crippen molar-refractivity contribution < 1.29 is 8.42 Å². The molecule has 0 aliphatic heterocycles. The van der Waals surface area contributed by atoms with Crippen LogP contribution in [0.3, 0.4) is 0 Å². The van der Waals surface area contributed by atoms with E-state index in [1.165, 1.54) is 29.7 Å². The Balaban J connectivity index is 1.57. The van der Waals surface area contributed by atoms with Crippen LogP contribution in [0.2, 0.25) is 0 Å². The number of nitrogens with zero attached hydrogens (tertiary/aromatic N) is 3. The molecule has 0 bridgehead atoms. The number of rotatable bonds is 6. The standard InChI is InChI=1S/C23H18N6O2S2/c24-12-16(13-27-17-8-10-18(11-9-17)33(30,31)29-23(25)26)22-28-21(14-32-22)20-7-3-5-15-4-1-2-6-19(15)20/h1-11,13-14,27H,(H4,25,26,29). The third kappa shape index (κ3) is 4.85. The molecule has 0 unspecified atom stereocenters. The van der Waals surface area contributed by atoms with Crippen molar-refractivity contribution in [3.05, 3.63) is 83.3 Å². The number of nitrogens with one attached hydrogen (secondary N) is 1. The number of benzene rings is 3. The normalized spacial score (nSPS) is 11.7. The lowest BCUT2D eigenvalue weighted by Gasteiger charge is -2.04. The Morgan fingerprint density at radius 1 is 1.06 bits per heavy atom. The summed E-state index contributed by atoms with van der Waals surface area (Å²) in [5.41, 5.74) is 13.0. The summed E-state index contributed by atoms with van der Waals surface area (Å²) in [6.45, 7) is 0. The van der Waals surface area contributed by atoms with Crippen LogP contribution in [0, 0.1) is 11.3 Å². The first-order valence-electron chi connectivity index (χ1n) is 9.64. The molecule has 0 amide bonds. The number of fused-ring (bicyclic) bond motifs is 1. The first kappa shape index (κ1) is 22.0. The highest BCUT2D eigenvalue weighted by Gasteiger charge is 2.13. The summed E-state index contributed by atoms with van der Waals surface area (Å²) in [6, 6.07) is 22.1. The van der Waals surface area contributed by atoms with Gasteiger partial charge in [-0.15, -0.1) is 15.7 Å². The number of nitrogens with two attached hydrogens (primary N) is 2. The van der Waals surface area contributed by atoms with Crippen LogP contribution in [0.15, 0.2) is 87.6 Å². The van der Waals surface area contributed by atoms with E-state index in [-0.39, 0.29) is 4.90 Å². The predicted molar refractivity (Wildman–Crippen MR) is 132 cm³/mol. The van der Waals surface area contributed by atoms with Gasteiger partial charge >= 0.3 is 0 Å². The molecule has 8 nitrogen and oxygen atoms in total. The molecule has 4 rings (SSSR count). The van der Waals surface area contributed by atoms with Gasteiger partial charge in [-0.3, -0.25) is 0 Å². The van der Waals surface area contributed by atoms with E-state index in [1.54, 1.807) is 12.1 Å². The highest BCUT2D eigenvalue weighted by Crippen LogP contribution is 2.31. The monoisotopic (exact) mass is 474 g/mol. The summed E-state index contributed by atoms with van der Waals surface area (Å²) in [5.74, 6) is -0.537. The van der Waals surface area contributed by atoms with Gasteiger partial charge in [-0.2, -0.15) is 13.7 Å². The zero-order chi connectivity index (χ0) is 23.4. The molecular weight excluding hydrogens is 456 g/mol. The molecule has 33 heavy (non-hydrogen) atoms. The van der Waals surface area contributed by atoms with Crippen molar-refractivity contribution in [2.45, 2.75) is 4.90 Å². The number of guanidine groups is 1. The minimum absolute atomic E-state index is 0.0504. The first-order chi connectivity index (χ1) is 15.9. The molecule has 0 saturated carbocycles. The molecule has 0 fully saturated rings. The summed E-state index contributed by atoms with van der Waals surface area (Å²) >= 11 is 1.37. The molecule has 5 N–H and O–H groups in total. The van der Waals surface area contributed by atoms with E-state index in [0.717, 1.165) is 22.0 Å². The lowest BCUT2D eigenvalue weighted by Crippen LogP contribution is -2.24. The molecule has 1 aromatic heterocycles. The van der Waals surface area contributed by atoms with Gasteiger partial charge in [0.2, 0.25) is 5.96 Å². The Bertz CT molecular complexity index is 1520. The maximum atomic E-state index is 12.0. The van der Waals surface area contributed by atoms with Gasteiger partial charge in [0.05, 0.1) is 10.6 Å². The topological polar surface area (TPSA) is 147 Å². The summed E-state index contributed by atoms with van der Waals surface area (Å²) in [6.07, 6.45) is 1.53. The second-order valence-electron chi connectivity index (χ2n) is 6.89. The van der Waals surface area contributed by atoms with E-state index in [0.29, 0.717) is 16.3 Å². The number of nitriles is 1. The number of thiazole rings is 1. The van der Waals surface area contributed by atoms with Gasteiger partial charge in [0, 0.05) is 22.8 Å². The Hall–Kier alpha value is -4.20. The fraction of sp³-hybridized carbons (Fsp3) is 0. The lowest BCUT2D eigenvalue weighted by atomic mass is 10.0. The highest BCUT2D eigenvalue weighted by atomic mass is 32.2. The molecule has 0 spiro atoms. The van der Waals surface area contributed by atoms with Crippen LogP contribution in [0.4, 0.5) is 5.69 Å².